The quantitative estimate of drug-likeness (QED) is 0.509. The third kappa shape index (κ3) is 3.29. The Morgan fingerprint density at radius 2 is 2.00 bits per heavy atom. The lowest BCUT2D eigenvalue weighted by Gasteiger charge is -2.11. The average molecular weight is 272 g/mol. The van der Waals surface area contributed by atoms with E-state index in [-0.39, 0.29) is 18.0 Å². The maximum Gasteiger partial charge on any atom is 0.186 e. The Kier molecular flexibility index (Phi) is 4.25. The normalized spacial score (nSPS) is 17.9. The number of aliphatic hydroxyl groups is 1. The minimum Gasteiger partial charge on any atom is -0.504 e. The van der Waals surface area contributed by atoms with Gasteiger partial charge in [-0.1, -0.05) is 30.4 Å². The first kappa shape index (κ1) is 13.9. The molecule has 0 aliphatic heterocycles. The number of hydrogen-bond acceptors (Lipinski definition) is 3. The van der Waals surface area contributed by atoms with E-state index in [1.165, 1.54) is 12.1 Å². The van der Waals surface area contributed by atoms with Crippen molar-refractivity contribution in [3.8, 4) is 0 Å². The number of ketones is 1. The summed E-state index contributed by atoms with van der Waals surface area (Å²) in [7, 11) is 0. The molecule has 0 heterocycles. The second-order valence-corrected chi connectivity index (χ2v) is 4.50. The number of carbonyl (C=O) groups excluding carboxylic acids is 2. The summed E-state index contributed by atoms with van der Waals surface area (Å²) in [4.78, 5) is 22.2. The Bertz CT molecular complexity index is 609. The summed E-state index contributed by atoms with van der Waals surface area (Å²) < 4.78 is 12.8. The maximum absolute atomic E-state index is 12.8. The molecule has 1 aromatic rings. The van der Waals surface area contributed by atoms with Gasteiger partial charge < -0.3 is 5.11 Å². The molecule has 3 nitrogen and oxygen atoms in total. The molecule has 0 bridgehead atoms. The minimum absolute atomic E-state index is 0.135. The van der Waals surface area contributed by atoms with E-state index in [0.29, 0.717) is 12.0 Å². The summed E-state index contributed by atoms with van der Waals surface area (Å²) >= 11 is 0. The fraction of sp³-hybridized carbons (Fsp3) is 0.125. The summed E-state index contributed by atoms with van der Waals surface area (Å²) in [6.45, 7) is 0. The molecule has 1 aliphatic carbocycles. The van der Waals surface area contributed by atoms with Crippen LogP contribution in [-0.2, 0) is 16.0 Å². The van der Waals surface area contributed by atoms with Crippen LogP contribution in [0.15, 0.2) is 59.9 Å². The Labute approximate surface area is 115 Å². The van der Waals surface area contributed by atoms with Crippen molar-refractivity contribution < 1.29 is 19.1 Å². The van der Waals surface area contributed by atoms with Crippen LogP contribution in [0.2, 0.25) is 0 Å². The molecular weight excluding hydrogens is 259 g/mol. The second-order valence-electron chi connectivity index (χ2n) is 4.50. The highest BCUT2D eigenvalue weighted by Gasteiger charge is 2.20. The summed E-state index contributed by atoms with van der Waals surface area (Å²) in [6.07, 6.45) is 6.96. The molecule has 0 radical (unpaired) electrons. The van der Waals surface area contributed by atoms with Gasteiger partial charge in [0.05, 0.1) is 0 Å². The molecule has 1 aromatic carbocycles. The number of benzene rings is 1. The van der Waals surface area contributed by atoms with Gasteiger partial charge in [-0.15, -0.1) is 0 Å². The van der Waals surface area contributed by atoms with Gasteiger partial charge in [0.25, 0.3) is 0 Å². The lowest BCUT2D eigenvalue weighted by Crippen LogP contribution is -2.11. The maximum atomic E-state index is 12.8. The number of rotatable bonds is 5. The first-order valence-corrected chi connectivity index (χ1v) is 6.13. The summed E-state index contributed by atoms with van der Waals surface area (Å²) in [5, 5.41) is 9.08. The third-order valence-corrected chi connectivity index (χ3v) is 3.07. The van der Waals surface area contributed by atoms with E-state index in [1.54, 1.807) is 24.3 Å². The van der Waals surface area contributed by atoms with Gasteiger partial charge in [0.15, 0.2) is 17.8 Å². The Hall–Kier alpha value is -2.49. The molecule has 0 spiro atoms. The second kappa shape index (κ2) is 6.10. The van der Waals surface area contributed by atoms with Crippen molar-refractivity contribution >= 4 is 12.1 Å². The summed E-state index contributed by atoms with van der Waals surface area (Å²) in [5.74, 6) is -1.43. The first-order chi connectivity index (χ1) is 9.60. The average Bonchev–Trinajstić information content (AvgIpc) is 2.89. The Balaban J connectivity index is 2.11. The molecule has 20 heavy (non-hydrogen) atoms. The zero-order valence-electron chi connectivity index (χ0n) is 10.6. The molecule has 102 valence electrons. The van der Waals surface area contributed by atoms with Gasteiger partial charge in [-0.2, -0.15) is 0 Å². The van der Waals surface area contributed by atoms with Crippen molar-refractivity contribution in [2.45, 2.75) is 6.42 Å². The molecule has 4 heteroatoms. The van der Waals surface area contributed by atoms with E-state index in [9.17, 15) is 14.0 Å². The van der Waals surface area contributed by atoms with E-state index in [0.717, 1.165) is 11.6 Å². The van der Waals surface area contributed by atoms with E-state index in [4.69, 9.17) is 5.11 Å². The van der Waals surface area contributed by atoms with Crippen LogP contribution in [0.3, 0.4) is 0 Å². The van der Waals surface area contributed by atoms with Crippen LogP contribution in [0.5, 0.6) is 0 Å². The van der Waals surface area contributed by atoms with Gasteiger partial charge in [-0.25, -0.2) is 4.39 Å². The van der Waals surface area contributed by atoms with Crippen molar-refractivity contribution in [1.29, 1.82) is 0 Å². The zero-order chi connectivity index (χ0) is 14.5. The fourth-order valence-corrected chi connectivity index (χ4v) is 2.09. The first-order valence-electron chi connectivity index (χ1n) is 6.13. The van der Waals surface area contributed by atoms with E-state index < -0.39 is 11.5 Å². The molecule has 2 rings (SSSR count). The van der Waals surface area contributed by atoms with Crippen molar-refractivity contribution in [2.75, 3.05) is 0 Å². The van der Waals surface area contributed by atoms with Gasteiger partial charge in [-0.3, -0.25) is 9.59 Å². The number of allylic oxidation sites excluding steroid dienone is 6. The molecule has 0 saturated heterocycles. The molecule has 0 aromatic heterocycles. The van der Waals surface area contributed by atoms with Crippen molar-refractivity contribution in [1.82, 2.24) is 0 Å². The molecule has 1 aliphatic rings. The van der Waals surface area contributed by atoms with E-state index >= 15 is 0 Å². The predicted octanol–water partition coefficient (Wildman–Crippen LogP) is 2.69. The smallest absolute Gasteiger partial charge is 0.186 e. The molecule has 1 unspecified atom stereocenters. The topological polar surface area (TPSA) is 54.4 Å². The molecule has 0 amide bonds. The predicted molar refractivity (Wildman–Crippen MR) is 72.6 cm³/mol. The van der Waals surface area contributed by atoms with Gasteiger partial charge in [0.1, 0.15) is 5.82 Å². The highest BCUT2D eigenvalue weighted by molar-refractivity contribution is 6.07. The van der Waals surface area contributed by atoms with Gasteiger partial charge in [0.2, 0.25) is 0 Å². The standard InChI is InChI=1S/C16H13FO3/c17-13-6-4-11(5-7-13)8-12-2-1-3-15(12)16(20)9-14(19)10-18/h1-7,9-10,12,19H,8H2/b14-9-. The highest BCUT2D eigenvalue weighted by atomic mass is 19.1. The van der Waals surface area contributed by atoms with Gasteiger partial charge >= 0.3 is 0 Å². The number of carbonyl (C=O) groups is 2. The van der Waals surface area contributed by atoms with E-state index in [1.807, 2.05) is 6.08 Å². The van der Waals surface area contributed by atoms with Crippen LogP contribution in [0.1, 0.15) is 5.56 Å². The van der Waals surface area contributed by atoms with Crippen molar-refractivity contribution in [3.05, 3.63) is 71.3 Å². The summed E-state index contributed by atoms with van der Waals surface area (Å²) in [6, 6.07) is 6.08. The van der Waals surface area contributed by atoms with Gasteiger partial charge in [0, 0.05) is 17.6 Å². The minimum atomic E-state index is -0.594. The zero-order valence-corrected chi connectivity index (χ0v) is 10.6. The molecular formula is C16H13FO3. The lowest BCUT2D eigenvalue weighted by atomic mass is 9.92. The molecule has 1 N–H and O–H groups in total. The summed E-state index contributed by atoms with van der Waals surface area (Å²) in [5.41, 5.74) is 1.41. The monoisotopic (exact) mass is 272 g/mol. The van der Waals surface area contributed by atoms with Crippen LogP contribution in [0.25, 0.3) is 0 Å². The number of hydrogen-bond donors (Lipinski definition) is 1. The Morgan fingerprint density at radius 1 is 1.30 bits per heavy atom. The number of halogens is 1. The highest BCUT2D eigenvalue weighted by Crippen LogP contribution is 2.25. The lowest BCUT2D eigenvalue weighted by molar-refractivity contribution is -0.112. The largest absolute Gasteiger partial charge is 0.504 e. The van der Waals surface area contributed by atoms with E-state index in [2.05, 4.69) is 0 Å². The fourth-order valence-electron chi connectivity index (χ4n) is 2.09. The molecule has 1 atom stereocenters. The molecule has 0 fully saturated rings. The van der Waals surface area contributed by atoms with Crippen LogP contribution in [0.4, 0.5) is 4.39 Å². The van der Waals surface area contributed by atoms with Crippen LogP contribution >= 0.6 is 0 Å². The Morgan fingerprint density at radius 3 is 2.65 bits per heavy atom. The van der Waals surface area contributed by atoms with Gasteiger partial charge in [-0.05, 0) is 24.1 Å². The van der Waals surface area contributed by atoms with Crippen LogP contribution in [0, 0.1) is 11.7 Å². The molecule has 0 saturated carbocycles. The van der Waals surface area contributed by atoms with Crippen molar-refractivity contribution in [3.63, 3.8) is 0 Å². The number of aliphatic hydroxyl groups excluding tert-OH is 1. The van der Waals surface area contributed by atoms with Crippen molar-refractivity contribution in [2.24, 2.45) is 5.92 Å². The number of aldehydes is 1. The van der Waals surface area contributed by atoms with Crippen LogP contribution < -0.4 is 0 Å². The van der Waals surface area contributed by atoms with Crippen LogP contribution in [-0.4, -0.2) is 17.2 Å². The third-order valence-electron chi connectivity index (χ3n) is 3.07. The SMILES string of the molecule is O=C/C(O)=C/C(=O)C1=CC=CC1Cc1ccc(F)cc1.